The van der Waals surface area contributed by atoms with E-state index in [9.17, 15) is 0 Å². The van der Waals surface area contributed by atoms with Gasteiger partial charge in [0, 0.05) is 29.7 Å². The monoisotopic (exact) mass is 301 g/mol. The molecule has 1 aromatic heterocycles. The summed E-state index contributed by atoms with van der Waals surface area (Å²) in [4.78, 5) is 7.05. The van der Waals surface area contributed by atoms with Crippen LogP contribution in [0.15, 0.2) is 22.8 Å². The molecule has 0 saturated carbocycles. The van der Waals surface area contributed by atoms with Crippen LogP contribution in [0.25, 0.3) is 0 Å². The summed E-state index contributed by atoms with van der Waals surface area (Å²) >= 11 is 8.31. The summed E-state index contributed by atoms with van der Waals surface area (Å²) in [6.07, 6.45) is 1.81. The molecule has 0 aliphatic rings. The van der Waals surface area contributed by atoms with Crippen LogP contribution in [0.4, 0.5) is 0 Å². The Hall–Kier alpha value is -0.520. The first-order chi connectivity index (χ1) is 7.49. The fourth-order valence-corrected chi connectivity index (χ4v) is 1.71. The van der Waals surface area contributed by atoms with Gasteiger partial charge in [0.25, 0.3) is 0 Å². The summed E-state index contributed by atoms with van der Waals surface area (Å²) in [5.74, 6) is 0.232. The zero-order valence-corrected chi connectivity index (χ0v) is 11.9. The van der Waals surface area contributed by atoms with Crippen LogP contribution in [-0.2, 0) is 6.54 Å². The molecule has 0 amide bonds. The molecule has 1 heterocycles. The van der Waals surface area contributed by atoms with Crippen molar-refractivity contribution in [2.75, 3.05) is 13.6 Å². The third-order valence-corrected chi connectivity index (χ3v) is 3.16. The van der Waals surface area contributed by atoms with Gasteiger partial charge < -0.3 is 5.73 Å². The van der Waals surface area contributed by atoms with Crippen LogP contribution in [0.2, 0.25) is 0 Å². The molecule has 88 valence electrons. The van der Waals surface area contributed by atoms with Crippen LogP contribution in [0, 0.1) is 5.92 Å². The SMILES string of the molecule is CC(CN(C)Cc1ccc(Br)cn1)C(N)=S. The molecule has 0 radical (unpaired) electrons. The Kier molecular flexibility index (Phi) is 5.31. The lowest BCUT2D eigenvalue weighted by Gasteiger charge is -2.20. The highest BCUT2D eigenvalue weighted by Crippen LogP contribution is 2.09. The predicted molar refractivity (Wildman–Crippen MR) is 74.2 cm³/mol. The Balaban J connectivity index is 2.48. The molecular formula is C11H16BrN3S. The molecule has 0 aromatic carbocycles. The highest BCUT2D eigenvalue weighted by molar-refractivity contribution is 9.10. The van der Waals surface area contributed by atoms with Crippen LogP contribution in [-0.4, -0.2) is 28.5 Å². The average molecular weight is 302 g/mol. The predicted octanol–water partition coefficient (Wildman–Crippen LogP) is 2.20. The van der Waals surface area contributed by atoms with Crippen LogP contribution >= 0.6 is 28.1 Å². The molecule has 0 aliphatic heterocycles. The summed E-state index contributed by atoms with van der Waals surface area (Å²) in [6, 6.07) is 4.00. The largest absolute Gasteiger partial charge is 0.393 e. The number of rotatable bonds is 5. The summed E-state index contributed by atoms with van der Waals surface area (Å²) < 4.78 is 0.996. The number of nitrogens with two attached hydrogens (primary N) is 1. The lowest BCUT2D eigenvalue weighted by Crippen LogP contribution is -2.31. The first-order valence-corrected chi connectivity index (χ1v) is 6.27. The van der Waals surface area contributed by atoms with Crippen molar-refractivity contribution >= 4 is 33.1 Å². The number of nitrogens with zero attached hydrogens (tertiary/aromatic N) is 2. The molecular weight excluding hydrogens is 286 g/mol. The summed E-state index contributed by atoms with van der Waals surface area (Å²) in [5.41, 5.74) is 6.62. The lowest BCUT2D eigenvalue weighted by atomic mass is 10.1. The second-order valence-electron chi connectivity index (χ2n) is 3.97. The van der Waals surface area contributed by atoms with Crippen LogP contribution in [0.1, 0.15) is 12.6 Å². The zero-order valence-electron chi connectivity index (χ0n) is 9.48. The van der Waals surface area contributed by atoms with Gasteiger partial charge >= 0.3 is 0 Å². The summed E-state index contributed by atoms with van der Waals surface area (Å²) in [7, 11) is 2.04. The van der Waals surface area contributed by atoms with Crippen LogP contribution < -0.4 is 5.73 Å². The van der Waals surface area contributed by atoms with Crippen molar-refractivity contribution in [3.63, 3.8) is 0 Å². The van der Waals surface area contributed by atoms with Crippen LogP contribution in [0.5, 0.6) is 0 Å². The molecule has 5 heteroatoms. The minimum Gasteiger partial charge on any atom is -0.393 e. The fourth-order valence-electron chi connectivity index (χ4n) is 1.40. The molecule has 1 unspecified atom stereocenters. The maximum absolute atomic E-state index is 5.58. The number of hydrogen-bond acceptors (Lipinski definition) is 3. The van der Waals surface area contributed by atoms with Gasteiger partial charge in [0.2, 0.25) is 0 Å². The molecule has 1 aromatic rings. The second kappa shape index (κ2) is 6.27. The van der Waals surface area contributed by atoms with E-state index < -0.39 is 0 Å². The zero-order chi connectivity index (χ0) is 12.1. The molecule has 0 spiro atoms. The van der Waals surface area contributed by atoms with Gasteiger partial charge in [0.1, 0.15) is 0 Å². The van der Waals surface area contributed by atoms with Gasteiger partial charge in [-0.3, -0.25) is 9.88 Å². The molecule has 3 nitrogen and oxygen atoms in total. The molecule has 2 N–H and O–H groups in total. The van der Waals surface area contributed by atoms with E-state index >= 15 is 0 Å². The van der Waals surface area contributed by atoms with Gasteiger partial charge in [-0.2, -0.15) is 0 Å². The molecule has 0 saturated heterocycles. The van der Waals surface area contributed by atoms with Crippen molar-refractivity contribution < 1.29 is 0 Å². The van der Waals surface area contributed by atoms with Gasteiger partial charge in [-0.1, -0.05) is 19.1 Å². The smallest absolute Gasteiger partial charge is 0.0768 e. The van der Waals surface area contributed by atoms with E-state index in [1.165, 1.54) is 0 Å². The Morgan fingerprint density at radius 1 is 1.62 bits per heavy atom. The van der Waals surface area contributed by atoms with E-state index in [1.54, 1.807) is 6.20 Å². The molecule has 0 fully saturated rings. The lowest BCUT2D eigenvalue weighted by molar-refractivity contribution is 0.304. The Labute approximate surface area is 110 Å². The van der Waals surface area contributed by atoms with Crippen molar-refractivity contribution in [1.82, 2.24) is 9.88 Å². The third-order valence-electron chi connectivity index (χ3n) is 2.29. The highest BCUT2D eigenvalue weighted by Gasteiger charge is 2.09. The maximum atomic E-state index is 5.58. The van der Waals surface area contributed by atoms with Crippen LogP contribution in [0.3, 0.4) is 0 Å². The quantitative estimate of drug-likeness (QED) is 0.847. The van der Waals surface area contributed by atoms with Crippen molar-refractivity contribution in [2.24, 2.45) is 11.7 Å². The van der Waals surface area contributed by atoms with Crippen molar-refractivity contribution in [2.45, 2.75) is 13.5 Å². The maximum Gasteiger partial charge on any atom is 0.0768 e. The van der Waals surface area contributed by atoms with Gasteiger partial charge in [0.05, 0.1) is 10.7 Å². The number of thiocarbonyl (C=S) groups is 1. The van der Waals surface area contributed by atoms with Crippen molar-refractivity contribution in [3.8, 4) is 0 Å². The first kappa shape index (κ1) is 13.5. The minimum atomic E-state index is 0.232. The van der Waals surface area contributed by atoms with E-state index in [2.05, 4.69) is 25.8 Å². The minimum absolute atomic E-state index is 0.232. The van der Waals surface area contributed by atoms with E-state index in [0.717, 1.165) is 23.3 Å². The molecule has 1 atom stereocenters. The Bertz CT molecular complexity index is 353. The topological polar surface area (TPSA) is 42.2 Å². The molecule has 0 bridgehead atoms. The first-order valence-electron chi connectivity index (χ1n) is 5.07. The van der Waals surface area contributed by atoms with Gasteiger partial charge in [-0.05, 0) is 35.1 Å². The molecule has 0 aliphatic carbocycles. The van der Waals surface area contributed by atoms with E-state index in [-0.39, 0.29) is 5.92 Å². The van der Waals surface area contributed by atoms with Gasteiger partial charge in [-0.25, -0.2) is 0 Å². The highest BCUT2D eigenvalue weighted by atomic mass is 79.9. The number of hydrogen-bond donors (Lipinski definition) is 1. The average Bonchev–Trinajstić information content (AvgIpc) is 2.21. The molecule has 16 heavy (non-hydrogen) atoms. The number of pyridine rings is 1. The van der Waals surface area contributed by atoms with E-state index in [1.807, 2.05) is 26.1 Å². The van der Waals surface area contributed by atoms with Gasteiger partial charge in [-0.15, -0.1) is 0 Å². The number of halogens is 1. The van der Waals surface area contributed by atoms with E-state index in [4.69, 9.17) is 18.0 Å². The fraction of sp³-hybridized carbons (Fsp3) is 0.455. The van der Waals surface area contributed by atoms with Crippen molar-refractivity contribution in [3.05, 3.63) is 28.5 Å². The third kappa shape index (κ3) is 4.55. The summed E-state index contributed by atoms with van der Waals surface area (Å²) in [6.45, 7) is 3.70. The van der Waals surface area contributed by atoms with Gasteiger partial charge in [0.15, 0.2) is 0 Å². The Morgan fingerprint density at radius 2 is 2.31 bits per heavy atom. The normalized spacial score (nSPS) is 12.8. The summed E-state index contributed by atoms with van der Waals surface area (Å²) in [5, 5.41) is 0. The molecule has 1 rings (SSSR count). The van der Waals surface area contributed by atoms with E-state index in [0.29, 0.717) is 4.99 Å². The number of aromatic nitrogens is 1. The van der Waals surface area contributed by atoms with Crippen molar-refractivity contribution in [1.29, 1.82) is 0 Å². The standard InChI is InChI=1S/C11H16BrN3S/c1-8(11(13)16)6-15(2)7-10-4-3-9(12)5-14-10/h3-5,8H,6-7H2,1-2H3,(H2,13,16). The second-order valence-corrected chi connectivity index (χ2v) is 5.36. The Morgan fingerprint density at radius 3 is 2.81 bits per heavy atom.